The first-order chi connectivity index (χ1) is 12.1. The average molecular weight is 341 g/mol. The van der Waals surface area contributed by atoms with Gasteiger partial charge in [-0.2, -0.15) is 0 Å². The monoisotopic (exact) mass is 341 g/mol. The highest BCUT2D eigenvalue weighted by atomic mass is 16.5. The van der Waals surface area contributed by atoms with Crippen LogP contribution in [-0.2, 0) is 17.6 Å². The van der Waals surface area contributed by atoms with Gasteiger partial charge in [0.15, 0.2) is 6.10 Å². The van der Waals surface area contributed by atoms with Crippen LogP contribution < -0.4 is 14.8 Å². The first-order valence-corrected chi connectivity index (χ1v) is 8.85. The summed E-state index contributed by atoms with van der Waals surface area (Å²) in [7, 11) is 1.62. The molecule has 1 amide bonds. The van der Waals surface area contributed by atoms with Gasteiger partial charge in [0.25, 0.3) is 5.91 Å². The molecule has 0 saturated carbocycles. The van der Waals surface area contributed by atoms with E-state index >= 15 is 0 Å². The number of carbonyl (C=O) groups is 1. The van der Waals surface area contributed by atoms with E-state index in [9.17, 15) is 4.79 Å². The number of hydrogen-bond acceptors (Lipinski definition) is 3. The molecular weight excluding hydrogens is 314 g/mol. The minimum Gasteiger partial charge on any atom is -0.497 e. The number of aryl methyl sites for hydroxylation is 2. The first kappa shape index (κ1) is 18.8. The summed E-state index contributed by atoms with van der Waals surface area (Å²) in [5, 5.41) is 3.09. The second-order valence-corrected chi connectivity index (χ2v) is 5.84. The molecule has 1 atom stereocenters. The summed E-state index contributed by atoms with van der Waals surface area (Å²) >= 11 is 0. The van der Waals surface area contributed by atoms with Gasteiger partial charge in [-0.1, -0.05) is 39.0 Å². The van der Waals surface area contributed by atoms with E-state index in [1.54, 1.807) is 7.11 Å². The molecule has 0 aliphatic rings. The smallest absolute Gasteiger partial charge is 0.265 e. The molecule has 2 rings (SSSR count). The summed E-state index contributed by atoms with van der Waals surface area (Å²) in [5.74, 6) is 1.30. The highest BCUT2D eigenvalue weighted by molar-refractivity contribution is 5.95. The van der Waals surface area contributed by atoms with Crippen LogP contribution in [0.4, 0.5) is 5.69 Å². The molecule has 0 aliphatic heterocycles. The lowest BCUT2D eigenvalue weighted by Crippen LogP contribution is -2.33. The second kappa shape index (κ2) is 9.11. The quantitative estimate of drug-likeness (QED) is 0.762. The van der Waals surface area contributed by atoms with Crippen molar-refractivity contribution in [2.24, 2.45) is 0 Å². The van der Waals surface area contributed by atoms with E-state index in [1.165, 1.54) is 0 Å². The highest BCUT2D eigenvalue weighted by Crippen LogP contribution is 2.24. The van der Waals surface area contributed by atoms with Gasteiger partial charge in [0.2, 0.25) is 0 Å². The van der Waals surface area contributed by atoms with E-state index in [4.69, 9.17) is 9.47 Å². The lowest BCUT2D eigenvalue weighted by atomic mass is 10.0. The molecule has 0 saturated heterocycles. The summed E-state index contributed by atoms with van der Waals surface area (Å²) in [4.78, 5) is 12.7. The Hall–Kier alpha value is -2.49. The number of benzene rings is 2. The summed E-state index contributed by atoms with van der Waals surface area (Å²) in [5.41, 5.74) is 3.22. The SMILES string of the molecule is CCc1cccc(CC)c1NC(=O)C(CC)Oc1ccc(OC)cc1. The Morgan fingerprint density at radius 2 is 1.52 bits per heavy atom. The van der Waals surface area contributed by atoms with Crippen LogP contribution in [0, 0.1) is 0 Å². The van der Waals surface area contributed by atoms with Gasteiger partial charge in [-0.3, -0.25) is 4.79 Å². The van der Waals surface area contributed by atoms with E-state index in [0.717, 1.165) is 35.4 Å². The average Bonchev–Trinajstić information content (AvgIpc) is 2.66. The van der Waals surface area contributed by atoms with Crippen molar-refractivity contribution in [3.05, 3.63) is 53.6 Å². The Kier molecular flexibility index (Phi) is 6.87. The van der Waals surface area contributed by atoms with E-state index < -0.39 is 6.10 Å². The Balaban J connectivity index is 2.14. The summed E-state index contributed by atoms with van der Waals surface area (Å²) < 4.78 is 11.0. The maximum Gasteiger partial charge on any atom is 0.265 e. The van der Waals surface area contributed by atoms with Gasteiger partial charge in [-0.15, -0.1) is 0 Å². The second-order valence-electron chi connectivity index (χ2n) is 5.84. The van der Waals surface area contributed by atoms with Crippen LogP contribution in [0.3, 0.4) is 0 Å². The molecule has 0 spiro atoms. The van der Waals surface area contributed by atoms with Gasteiger partial charge in [-0.05, 0) is 54.7 Å². The lowest BCUT2D eigenvalue weighted by molar-refractivity contribution is -0.122. The Bertz CT molecular complexity index is 673. The Morgan fingerprint density at radius 1 is 0.960 bits per heavy atom. The van der Waals surface area contributed by atoms with Crippen molar-refractivity contribution in [2.75, 3.05) is 12.4 Å². The number of nitrogens with one attached hydrogen (secondary N) is 1. The van der Waals surface area contributed by atoms with Crippen LogP contribution in [0.5, 0.6) is 11.5 Å². The molecule has 0 fully saturated rings. The Labute approximate surface area is 150 Å². The minimum absolute atomic E-state index is 0.117. The molecule has 25 heavy (non-hydrogen) atoms. The molecule has 0 radical (unpaired) electrons. The normalized spacial score (nSPS) is 11.7. The highest BCUT2D eigenvalue weighted by Gasteiger charge is 2.20. The third kappa shape index (κ3) is 4.75. The maximum atomic E-state index is 12.7. The van der Waals surface area contributed by atoms with Gasteiger partial charge in [0, 0.05) is 5.69 Å². The largest absolute Gasteiger partial charge is 0.497 e. The number of carbonyl (C=O) groups excluding carboxylic acids is 1. The number of hydrogen-bond donors (Lipinski definition) is 1. The number of amides is 1. The van der Waals surface area contributed by atoms with Crippen LogP contribution >= 0.6 is 0 Å². The van der Waals surface area contributed by atoms with Gasteiger partial charge >= 0.3 is 0 Å². The fourth-order valence-electron chi connectivity index (χ4n) is 2.75. The molecule has 0 heterocycles. The number of rotatable bonds is 8. The summed E-state index contributed by atoms with van der Waals surface area (Å²) in [6.07, 6.45) is 1.80. The molecule has 134 valence electrons. The van der Waals surface area contributed by atoms with E-state index in [1.807, 2.05) is 37.3 Å². The van der Waals surface area contributed by atoms with E-state index in [0.29, 0.717) is 12.2 Å². The maximum absolute atomic E-state index is 12.7. The fourth-order valence-corrected chi connectivity index (χ4v) is 2.75. The van der Waals surface area contributed by atoms with Crippen LogP contribution in [0.1, 0.15) is 38.3 Å². The summed E-state index contributed by atoms with van der Waals surface area (Å²) in [6.45, 7) is 6.13. The molecule has 0 aliphatic carbocycles. The first-order valence-electron chi connectivity index (χ1n) is 8.85. The zero-order valence-corrected chi connectivity index (χ0v) is 15.5. The number of anilines is 1. The van der Waals surface area contributed by atoms with Crippen LogP contribution in [0.2, 0.25) is 0 Å². The predicted octanol–water partition coefficient (Wildman–Crippen LogP) is 4.62. The topological polar surface area (TPSA) is 47.6 Å². The lowest BCUT2D eigenvalue weighted by Gasteiger charge is -2.20. The van der Waals surface area contributed by atoms with Crippen LogP contribution in [-0.4, -0.2) is 19.1 Å². The van der Waals surface area contributed by atoms with Crippen molar-refractivity contribution in [1.82, 2.24) is 0 Å². The van der Waals surface area contributed by atoms with E-state index in [-0.39, 0.29) is 5.91 Å². The Morgan fingerprint density at radius 3 is 2.00 bits per heavy atom. The zero-order chi connectivity index (χ0) is 18.2. The van der Waals surface area contributed by atoms with Crippen molar-refractivity contribution in [3.8, 4) is 11.5 Å². The molecule has 1 N–H and O–H groups in total. The fraction of sp³-hybridized carbons (Fsp3) is 0.381. The predicted molar refractivity (Wildman–Crippen MR) is 102 cm³/mol. The van der Waals surface area contributed by atoms with Gasteiger partial charge in [-0.25, -0.2) is 0 Å². The van der Waals surface area contributed by atoms with Crippen molar-refractivity contribution in [2.45, 2.75) is 46.1 Å². The number of ether oxygens (including phenoxy) is 2. The minimum atomic E-state index is -0.539. The molecule has 2 aromatic rings. The molecule has 0 aromatic heterocycles. The van der Waals surface area contributed by atoms with Gasteiger partial charge in [0.05, 0.1) is 7.11 Å². The molecular formula is C21H27NO3. The third-order valence-electron chi connectivity index (χ3n) is 4.25. The van der Waals surface area contributed by atoms with Crippen molar-refractivity contribution in [1.29, 1.82) is 0 Å². The molecule has 4 heteroatoms. The number of methoxy groups -OCH3 is 1. The zero-order valence-electron chi connectivity index (χ0n) is 15.5. The number of para-hydroxylation sites is 1. The molecule has 0 bridgehead atoms. The summed E-state index contributed by atoms with van der Waals surface area (Å²) in [6, 6.07) is 13.4. The van der Waals surface area contributed by atoms with Crippen molar-refractivity contribution >= 4 is 11.6 Å². The molecule has 1 unspecified atom stereocenters. The molecule has 2 aromatic carbocycles. The van der Waals surface area contributed by atoms with Gasteiger partial charge < -0.3 is 14.8 Å². The third-order valence-corrected chi connectivity index (χ3v) is 4.25. The van der Waals surface area contributed by atoms with E-state index in [2.05, 4.69) is 31.3 Å². The van der Waals surface area contributed by atoms with Gasteiger partial charge in [0.1, 0.15) is 11.5 Å². The standard InChI is InChI=1S/C21H27NO3/c1-5-15-9-8-10-16(6-2)20(15)22-21(23)19(7-3)25-18-13-11-17(24-4)12-14-18/h8-14,19H,5-7H2,1-4H3,(H,22,23). The van der Waals surface area contributed by atoms with Crippen molar-refractivity contribution < 1.29 is 14.3 Å². The van der Waals surface area contributed by atoms with Crippen LogP contribution in [0.25, 0.3) is 0 Å². The molecule has 4 nitrogen and oxygen atoms in total. The van der Waals surface area contributed by atoms with Crippen molar-refractivity contribution in [3.63, 3.8) is 0 Å². The van der Waals surface area contributed by atoms with Crippen LogP contribution in [0.15, 0.2) is 42.5 Å².